The Bertz CT molecular complexity index is 930. The lowest BCUT2D eigenvalue weighted by atomic mass is 9.91. The molecular formula is C20H16F8N2O2. The molecule has 0 saturated carbocycles. The second-order valence-corrected chi connectivity index (χ2v) is 7.19. The number of alkyl halides is 8. The van der Waals surface area contributed by atoms with Gasteiger partial charge in [-0.25, -0.2) is 4.79 Å². The molecule has 12 heteroatoms. The lowest BCUT2D eigenvalue weighted by molar-refractivity contribution is -0.143. The standard InChI is InChI=1S/C20H16F8N2O2/c21-16(22)30-10-18(29-17(30)31,13-4-2-1-3-5-13)11-32-9-12-6-14(19(23,24)25)8-15(7-12)20(26,27)28/h1-8,16H,9-11H2,(H,29,31)/t18-/m1/s1. The predicted octanol–water partition coefficient (Wildman–Crippen LogP) is 5.38. The molecule has 1 aliphatic rings. The molecule has 1 saturated heterocycles. The lowest BCUT2D eigenvalue weighted by Crippen LogP contribution is -2.44. The van der Waals surface area contributed by atoms with Gasteiger partial charge in [0.2, 0.25) is 0 Å². The maximum Gasteiger partial charge on any atom is 0.416 e. The molecule has 0 aliphatic carbocycles. The minimum atomic E-state index is -5.02. The van der Waals surface area contributed by atoms with Gasteiger partial charge in [0, 0.05) is 0 Å². The summed E-state index contributed by atoms with van der Waals surface area (Å²) in [7, 11) is 0. The fraction of sp³-hybridized carbons (Fsp3) is 0.350. The van der Waals surface area contributed by atoms with Crippen LogP contribution in [-0.2, 0) is 29.2 Å². The summed E-state index contributed by atoms with van der Waals surface area (Å²) < 4.78 is 110. The molecule has 1 atom stereocenters. The van der Waals surface area contributed by atoms with Crippen LogP contribution in [0.1, 0.15) is 22.3 Å². The van der Waals surface area contributed by atoms with E-state index in [1.54, 1.807) is 18.2 Å². The number of hydrogen-bond acceptors (Lipinski definition) is 2. The van der Waals surface area contributed by atoms with Crippen molar-refractivity contribution in [2.75, 3.05) is 13.2 Å². The summed E-state index contributed by atoms with van der Waals surface area (Å²) in [5, 5.41) is 2.39. The topological polar surface area (TPSA) is 41.6 Å². The Morgan fingerprint density at radius 1 is 0.969 bits per heavy atom. The van der Waals surface area contributed by atoms with E-state index in [9.17, 15) is 39.9 Å². The minimum absolute atomic E-state index is 0.00727. The molecule has 0 unspecified atom stereocenters. The number of carbonyl (C=O) groups is 1. The number of rotatable bonds is 6. The van der Waals surface area contributed by atoms with Crippen molar-refractivity contribution in [2.45, 2.75) is 31.0 Å². The van der Waals surface area contributed by atoms with Gasteiger partial charge in [0.05, 0.1) is 30.9 Å². The molecule has 1 aliphatic heterocycles. The van der Waals surface area contributed by atoms with E-state index in [4.69, 9.17) is 4.74 Å². The first-order valence-corrected chi connectivity index (χ1v) is 9.10. The second kappa shape index (κ2) is 8.57. The third-order valence-electron chi connectivity index (χ3n) is 4.87. The number of benzene rings is 2. The van der Waals surface area contributed by atoms with Crippen LogP contribution in [0.5, 0.6) is 0 Å². The molecule has 2 aromatic rings. The molecule has 174 valence electrons. The molecular weight excluding hydrogens is 452 g/mol. The normalized spacial score (nSPS) is 19.5. The van der Waals surface area contributed by atoms with Crippen LogP contribution in [0.2, 0.25) is 0 Å². The summed E-state index contributed by atoms with van der Waals surface area (Å²) in [4.78, 5) is 12.2. The quantitative estimate of drug-likeness (QED) is 0.457. The van der Waals surface area contributed by atoms with Gasteiger partial charge in [-0.2, -0.15) is 35.1 Å². The highest BCUT2D eigenvalue weighted by Gasteiger charge is 2.47. The average molecular weight is 468 g/mol. The van der Waals surface area contributed by atoms with Gasteiger partial charge in [0.15, 0.2) is 0 Å². The maximum atomic E-state index is 13.2. The van der Waals surface area contributed by atoms with E-state index in [0.29, 0.717) is 17.7 Å². The van der Waals surface area contributed by atoms with Crippen LogP contribution in [0.3, 0.4) is 0 Å². The van der Waals surface area contributed by atoms with Crippen LogP contribution < -0.4 is 5.32 Å². The monoisotopic (exact) mass is 468 g/mol. The Kier molecular flexibility index (Phi) is 6.36. The Labute approximate surface area is 176 Å². The first-order chi connectivity index (χ1) is 14.8. The summed E-state index contributed by atoms with van der Waals surface area (Å²) in [6, 6.07) is 7.81. The average Bonchev–Trinajstić information content (AvgIpc) is 3.05. The van der Waals surface area contributed by atoms with Crippen molar-refractivity contribution in [1.82, 2.24) is 10.2 Å². The van der Waals surface area contributed by atoms with Crippen molar-refractivity contribution < 1.29 is 44.7 Å². The highest BCUT2D eigenvalue weighted by atomic mass is 19.4. The van der Waals surface area contributed by atoms with Gasteiger partial charge in [-0.3, -0.25) is 4.90 Å². The van der Waals surface area contributed by atoms with Gasteiger partial charge >= 0.3 is 24.9 Å². The number of amides is 2. The largest absolute Gasteiger partial charge is 0.416 e. The zero-order chi connectivity index (χ0) is 23.7. The molecule has 1 fully saturated rings. The summed E-state index contributed by atoms with van der Waals surface area (Å²) in [6.07, 6.45) is -10.0. The summed E-state index contributed by atoms with van der Waals surface area (Å²) >= 11 is 0. The molecule has 4 nitrogen and oxygen atoms in total. The minimum Gasteiger partial charge on any atom is -0.374 e. The van der Waals surface area contributed by atoms with E-state index in [1.165, 1.54) is 12.1 Å². The van der Waals surface area contributed by atoms with Gasteiger partial charge in [0.1, 0.15) is 5.54 Å². The Hall–Kier alpha value is -2.89. The van der Waals surface area contributed by atoms with E-state index in [-0.39, 0.29) is 11.0 Å². The number of ether oxygens (including phenoxy) is 1. The molecule has 2 aromatic carbocycles. The molecule has 2 amide bonds. The van der Waals surface area contributed by atoms with E-state index < -0.39 is 66.9 Å². The van der Waals surface area contributed by atoms with Crippen LogP contribution in [0.25, 0.3) is 0 Å². The smallest absolute Gasteiger partial charge is 0.374 e. The Morgan fingerprint density at radius 3 is 2.00 bits per heavy atom. The number of carbonyl (C=O) groups excluding carboxylic acids is 1. The number of halogens is 8. The van der Waals surface area contributed by atoms with Gasteiger partial charge < -0.3 is 10.1 Å². The van der Waals surface area contributed by atoms with E-state index in [1.807, 2.05) is 0 Å². The third kappa shape index (κ3) is 5.12. The van der Waals surface area contributed by atoms with Crippen LogP contribution in [0, 0.1) is 0 Å². The number of nitrogens with one attached hydrogen (secondary N) is 1. The Balaban J connectivity index is 1.85. The molecule has 3 rings (SSSR count). The summed E-state index contributed by atoms with van der Waals surface area (Å²) in [6.45, 7) is -4.77. The third-order valence-corrected chi connectivity index (χ3v) is 4.87. The molecule has 1 heterocycles. The number of urea groups is 1. The van der Waals surface area contributed by atoms with Crippen molar-refractivity contribution in [2.24, 2.45) is 0 Å². The van der Waals surface area contributed by atoms with Crippen molar-refractivity contribution in [3.05, 3.63) is 70.8 Å². The predicted molar refractivity (Wildman–Crippen MR) is 95.5 cm³/mol. The van der Waals surface area contributed by atoms with Crippen LogP contribution >= 0.6 is 0 Å². The summed E-state index contributed by atoms with van der Waals surface area (Å²) in [5.74, 6) is 0. The first kappa shape index (κ1) is 23.8. The van der Waals surface area contributed by atoms with Crippen LogP contribution in [-0.4, -0.2) is 30.6 Å². The fourth-order valence-corrected chi connectivity index (χ4v) is 3.37. The number of hydrogen-bond donors (Lipinski definition) is 1. The zero-order valence-electron chi connectivity index (χ0n) is 16.1. The first-order valence-electron chi connectivity index (χ1n) is 9.10. The molecule has 0 aromatic heterocycles. The van der Waals surface area contributed by atoms with Gasteiger partial charge in [-0.1, -0.05) is 30.3 Å². The SMILES string of the molecule is O=C1N[C@](COCc2cc(C(F)(F)F)cc(C(F)(F)F)c2)(c2ccccc2)CN1C(F)F. The molecule has 1 N–H and O–H groups in total. The van der Waals surface area contributed by atoms with Crippen LogP contribution in [0.15, 0.2) is 48.5 Å². The highest BCUT2D eigenvalue weighted by Crippen LogP contribution is 2.37. The van der Waals surface area contributed by atoms with Crippen molar-refractivity contribution in [3.8, 4) is 0 Å². The van der Waals surface area contributed by atoms with Crippen molar-refractivity contribution >= 4 is 6.03 Å². The fourth-order valence-electron chi connectivity index (χ4n) is 3.37. The van der Waals surface area contributed by atoms with Gasteiger partial charge in [-0.05, 0) is 29.3 Å². The molecule has 32 heavy (non-hydrogen) atoms. The molecule has 0 bridgehead atoms. The second-order valence-electron chi connectivity index (χ2n) is 7.19. The van der Waals surface area contributed by atoms with E-state index >= 15 is 0 Å². The van der Waals surface area contributed by atoms with Crippen molar-refractivity contribution in [1.29, 1.82) is 0 Å². The van der Waals surface area contributed by atoms with Gasteiger partial charge in [0.25, 0.3) is 0 Å². The van der Waals surface area contributed by atoms with Crippen LogP contribution in [0.4, 0.5) is 39.9 Å². The molecule has 0 radical (unpaired) electrons. The zero-order valence-corrected chi connectivity index (χ0v) is 16.1. The Morgan fingerprint density at radius 2 is 1.53 bits per heavy atom. The molecule has 0 spiro atoms. The number of nitrogens with zero attached hydrogens (tertiary/aromatic N) is 1. The van der Waals surface area contributed by atoms with Crippen molar-refractivity contribution in [3.63, 3.8) is 0 Å². The maximum absolute atomic E-state index is 13.2. The van der Waals surface area contributed by atoms with E-state index in [0.717, 1.165) is 0 Å². The van der Waals surface area contributed by atoms with E-state index in [2.05, 4.69) is 5.32 Å². The van der Waals surface area contributed by atoms with Gasteiger partial charge in [-0.15, -0.1) is 0 Å². The lowest BCUT2D eigenvalue weighted by Gasteiger charge is -2.29. The summed E-state index contributed by atoms with van der Waals surface area (Å²) in [5.41, 5.74) is -4.49. The highest BCUT2D eigenvalue weighted by molar-refractivity contribution is 5.78.